The summed E-state index contributed by atoms with van der Waals surface area (Å²) in [6.07, 6.45) is 2.55. The van der Waals surface area contributed by atoms with Crippen LogP contribution in [-0.4, -0.2) is 10.7 Å². The number of hydrogen-bond acceptors (Lipinski definition) is 4. The van der Waals surface area contributed by atoms with E-state index in [4.69, 9.17) is 5.10 Å². The number of aromatic nitrogens is 1. The highest BCUT2D eigenvalue weighted by Gasteiger charge is 2.18. The molecule has 1 aromatic heterocycles. The summed E-state index contributed by atoms with van der Waals surface area (Å²) in [6.45, 7) is 0. The molecule has 1 N–H and O–H groups in total. The Kier molecular flexibility index (Phi) is 6.92. The first-order valence-corrected chi connectivity index (χ1v) is 10.8. The van der Waals surface area contributed by atoms with Gasteiger partial charge in [-0.25, -0.2) is 4.98 Å². The molecule has 0 bridgehead atoms. The van der Waals surface area contributed by atoms with Crippen molar-refractivity contribution in [1.29, 1.82) is 0 Å². The van der Waals surface area contributed by atoms with Crippen molar-refractivity contribution < 1.29 is 0 Å². The Morgan fingerprint density at radius 2 is 1.40 bits per heavy atom. The predicted molar refractivity (Wildman–Crippen MR) is 127 cm³/mol. The van der Waals surface area contributed by atoms with Gasteiger partial charge in [0.1, 0.15) is 5.82 Å². The van der Waals surface area contributed by atoms with Crippen molar-refractivity contribution in [2.45, 2.75) is 16.6 Å². The molecule has 0 aliphatic carbocycles. The number of pyridine rings is 1. The number of hydrazone groups is 1. The molecule has 0 unspecified atom stereocenters. The van der Waals surface area contributed by atoms with Gasteiger partial charge in [0.25, 0.3) is 0 Å². The minimum Gasteiger partial charge on any atom is -0.261 e. The lowest BCUT2D eigenvalue weighted by molar-refractivity contribution is 0.995. The van der Waals surface area contributed by atoms with Crippen LogP contribution in [0.4, 0.5) is 5.82 Å². The summed E-state index contributed by atoms with van der Waals surface area (Å²) >= 11 is 1.86. The summed E-state index contributed by atoms with van der Waals surface area (Å²) in [5, 5.41) is 5.00. The maximum Gasteiger partial charge on any atom is 0.146 e. The molecule has 0 amide bonds. The van der Waals surface area contributed by atoms with Gasteiger partial charge in [0.2, 0.25) is 0 Å². The van der Waals surface area contributed by atoms with Crippen LogP contribution in [0.2, 0.25) is 0 Å². The highest BCUT2D eigenvalue weighted by Crippen LogP contribution is 2.38. The van der Waals surface area contributed by atoms with E-state index in [9.17, 15) is 0 Å². The molecule has 3 aromatic carbocycles. The molecule has 0 fully saturated rings. The number of hydrogen-bond donors (Lipinski definition) is 1. The molecule has 4 heteroatoms. The molecule has 1 atom stereocenters. The van der Waals surface area contributed by atoms with Gasteiger partial charge >= 0.3 is 0 Å². The van der Waals surface area contributed by atoms with Gasteiger partial charge in [-0.1, -0.05) is 84.9 Å². The summed E-state index contributed by atoms with van der Waals surface area (Å²) < 4.78 is 0. The second-order valence-electron chi connectivity index (χ2n) is 6.79. The van der Waals surface area contributed by atoms with Gasteiger partial charge in [-0.2, -0.15) is 5.10 Å². The molecule has 148 valence electrons. The third-order valence-corrected chi connectivity index (χ3v) is 5.92. The second kappa shape index (κ2) is 10.4. The first kappa shape index (κ1) is 19.9. The lowest BCUT2D eigenvalue weighted by atomic mass is 10.0. The Balaban J connectivity index is 1.65. The Labute approximate surface area is 181 Å². The van der Waals surface area contributed by atoms with Crippen molar-refractivity contribution in [1.82, 2.24) is 4.98 Å². The van der Waals surface area contributed by atoms with E-state index in [0.717, 1.165) is 23.5 Å². The molecule has 4 aromatic rings. The van der Waals surface area contributed by atoms with Gasteiger partial charge in [-0.05, 0) is 35.4 Å². The first-order chi connectivity index (χ1) is 14.9. The van der Waals surface area contributed by atoms with Crippen LogP contribution in [0.3, 0.4) is 0 Å². The zero-order valence-corrected chi connectivity index (χ0v) is 17.4. The van der Waals surface area contributed by atoms with Crippen molar-refractivity contribution in [2.24, 2.45) is 5.10 Å². The number of thioether (sulfide) groups is 1. The zero-order valence-electron chi connectivity index (χ0n) is 16.6. The molecule has 4 rings (SSSR count). The zero-order chi connectivity index (χ0) is 20.4. The van der Waals surface area contributed by atoms with Gasteiger partial charge in [0.05, 0.1) is 5.71 Å². The Morgan fingerprint density at radius 3 is 2.07 bits per heavy atom. The van der Waals surface area contributed by atoms with E-state index in [1.807, 2.05) is 48.2 Å². The average molecular weight is 410 g/mol. The predicted octanol–water partition coefficient (Wildman–Crippen LogP) is 6.82. The van der Waals surface area contributed by atoms with Crippen molar-refractivity contribution in [3.05, 3.63) is 127 Å². The fraction of sp³-hybridized carbons (Fsp3) is 0.0769. The number of anilines is 1. The highest BCUT2D eigenvalue weighted by atomic mass is 32.2. The van der Waals surface area contributed by atoms with E-state index < -0.39 is 0 Å². The molecule has 0 saturated heterocycles. The minimum absolute atomic E-state index is 0.234. The van der Waals surface area contributed by atoms with Gasteiger partial charge in [-0.3, -0.25) is 5.43 Å². The van der Waals surface area contributed by atoms with Crippen molar-refractivity contribution >= 4 is 23.3 Å². The molecular formula is C26H23N3S. The monoisotopic (exact) mass is 409 g/mol. The van der Waals surface area contributed by atoms with Crippen molar-refractivity contribution in [2.75, 3.05) is 5.43 Å². The highest BCUT2D eigenvalue weighted by molar-refractivity contribution is 7.99. The topological polar surface area (TPSA) is 37.3 Å². The fourth-order valence-corrected chi connectivity index (χ4v) is 4.32. The molecular weight excluding hydrogens is 386 g/mol. The third kappa shape index (κ3) is 5.58. The van der Waals surface area contributed by atoms with Crippen LogP contribution < -0.4 is 5.43 Å². The van der Waals surface area contributed by atoms with Crippen LogP contribution in [0.5, 0.6) is 0 Å². The normalized spacial score (nSPS) is 12.3. The van der Waals surface area contributed by atoms with Crippen molar-refractivity contribution in [3.63, 3.8) is 0 Å². The van der Waals surface area contributed by atoms with Gasteiger partial charge in [0, 0.05) is 22.8 Å². The summed E-state index contributed by atoms with van der Waals surface area (Å²) in [5.74, 6) is 0.734. The molecule has 0 spiro atoms. The molecule has 1 heterocycles. The first-order valence-electron chi connectivity index (χ1n) is 9.94. The summed E-state index contributed by atoms with van der Waals surface area (Å²) in [7, 11) is 0. The lowest BCUT2D eigenvalue weighted by Gasteiger charge is -2.19. The summed E-state index contributed by atoms with van der Waals surface area (Å²) in [5.41, 5.74) is 6.52. The smallest absolute Gasteiger partial charge is 0.146 e. The van der Waals surface area contributed by atoms with Crippen LogP contribution in [0.15, 0.2) is 125 Å². The molecule has 3 nitrogen and oxygen atoms in total. The van der Waals surface area contributed by atoms with Crippen LogP contribution in [0.1, 0.15) is 22.8 Å². The van der Waals surface area contributed by atoms with E-state index >= 15 is 0 Å². The molecule has 30 heavy (non-hydrogen) atoms. The largest absolute Gasteiger partial charge is 0.261 e. The van der Waals surface area contributed by atoms with Crippen LogP contribution >= 0.6 is 11.8 Å². The second-order valence-corrected chi connectivity index (χ2v) is 8.06. The molecule has 0 radical (unpaired) electrons. The fourth-order valence-electron chi connectivity index (χ4n) is 3.15. The molecule has 0 saturated carbocycles. The number of rotatable bonds is 8. The number of nitrogens with one attached hydrogen (secondary N) is 1. The Bertz CT molecular complexity index is 1050. The van der Waals surface area contributed by atoms with E-state index in [1.54, 1.807) is 6.20 Å². The average Bonchev–Trinajstić information content (AvgIpc) is 2.83. The van der Waals surface area contributed by atoms with Crippen LogP contribution in [0.25, 0.3) is 0 Å². The number of benzene rings is 3. The lowest BCUT2D eigenvalue weighted by Crippen LogP contribution is -2.09. The summed E-state index contributed by atoms with van der Waals surface area (Å²) in [4.78, 5) is 5.57. The minimum atomic E-state index is 0.234. The Hall–Kier alpha value is -3.37. The van der Waals surface area contributed by atoms with Gasteiger partial charge in [-0.15, -0.1) is 11.8 Å². The number of nitrogens with zero attached hydrogens (tertiary/aromatic N) is 2. The SMILES string of the molecule is c1ccc(S[C@H](C/C(=N/Nc2ccccn2)c2ccccc2)c2ccccc2)cc1. The third-order valence-electron chi connectivity index (χ3n) is 4.65. The standard InChI is InChI=1S/C26H23N3S/c1-4-12-21(13-5-1)24(28-29-26-18-10-11-19-27-26)20-25(22-14-6-2-7-15-22)30-23-16-8-3-9-17-23/h1-19,25H,20H2,(H,27,29)/b28-24-/t25-/m1/s1. The van der Waals surface area contributed by atoms with Crippen molar-refractivity contribution in [3.8, 4) is 0 Å². The van der Waals surface area contributed by atoms with E-state index in [0.29, 0.717) is 0 Å². The molecule has 0 aliphatic heterocycles. The molecule has 0 aliphatic rings. The van der Waals surface area contributed by atoms with E-state index in [2.05, 4.69) is 83.2 Å². The van der Waals surface area contributed by atoms with Gasteiger partial charge in [0.15, 0.2) is 0 Å². The van der Waals surface area contributed by atoms with Gasteiger partial charge < -0.3 is 0 Å². The maximum atomic E-state index is 4.76. The quantitative estimate of drug-likeness (QED) is 0.197. The van der Waals surface area contributed by atoms with Crippen LogP contribution in [-0.2, 0) is 0 Å². The summed E-state index contributed by atoms with van der Waals surface area (Å²) in [6, 6.07) is 37.3. The maximum absolute atomic E-state index is 4.76. The van der Waals surface area contributed by atoms with E-state index in [1.165, 1.54) is 10.5 Å². The van der Waals surface area contributed by atoms with Crippen LogP contribution in [0, 0.1) is 0 Å². The van der Waals surface area contributed by atoms with E-state index in [-0.39, 0.29) is 5.25 Å². The Morgan fingerprint density at radius 1 is 0.767 bits per heavy atom.